The van der Waals surface area contributed by atoms with Crippen LogP contribution in [0.1, 0.15) is 24.9 Å². The monoisotopic (exact) mass is 296 g/mol. The van der Waals surface area contributed by atoms with E-state index in [1.165, 1.54) is 6.07 Å². The van der Waals surface area contributed by atoms with E-state index in [2.05, 4.69) is 10.2 Å². The Labute approximate surface area is 126 Å². The van der Waals surface area contributed by atoms with Crippen LogP contribution in [-0.4, -0.2) is 51.4 Å². The van der Waals surface area contributed by atoms with E-state index < -0.39 is 0 Å². The van der Waals surface area contributed by atoms with Crippen molar-refractivity contribution in [2.45, 2.75) is 19.4 Å². The quantitative estimate of drug-likeness (QED) is 0.782. The molecule has 118 valence electrons. The first-order valence-electron chi connectivity index (χ1n) is 7.57. The molecular formula is C16H25FN2O2. The van der Waals surface area contributed by atoms with E-state index in [1.54, 1.807) is 19.2 Å². The molecule has 1 unspecified atom stereocenters. The molecule has 1 heterocycles. The molecule has 5 heteroatoms. The molecule has 0 aromatic heterocycles. The Morgan fingerprint density at radius 2 is 2.14 bits per heavy atom. The molecular weight excluding hydrogens is 271 g/mol. The van der Waals surface area contributed by atoms with Gasteiger partial charge in [-0.2, -0.15) is 0 Å². The van der Waals surface area contributed by atoms with Gasteiger partial charge in [0.1, 0.15) is 11.6 Å². The second-order valence-corrected chi connectivity index (χ2v) is 5.37. The summed E-state index contributed by atoms with van der Waals surface area (Å²) in [6.45, 7) is 7.63. The summed E-state index contributed by atoms with van der Waals surface area (Å²) in [6, 6.07) is 5.01. The number of hydrogen-bond donors (Lipinski definition) is 1. The van der Waals surface area contributed by atoms with Gasteiger partial charge in [-0.05, 0) is 32.5 Å². The Morgan fingerprint density at radius 3 is 2.81 bits per heavy atom. The summed E-state index contributed by atoms with van der Waals surface area (Å²) in [5.41, 5.74) is 0.683. The molecule has 0 radical (unpaired) electrons. The maximum atomic E-state index is 13.9. The summed E-state index contributed by atoms with van der Waals surface area (Å²) in [4.78, 5) is 2.41. The molecule has 1 saturated heterocycles. The van der Waals surface area contributed by atoms with E-state index in [1.807, 2.05) is 6.92 Å². The molecule has 1 aromatic carbocycles. The average molecular weight is 296 g/mol. The molecule has 1 aromatic rings. The van der Waals surface area contributed by atoms with Gasteiger partial charge in [-0.1, -0.05) is 6.07 Å². The third-order valence-electron chi connectivity index (χ3n) is 3.88. The number of rotatable bonds is 7. The van der Waals surface area contributed by atoms with E-state index in [-0.39, 0.29) is 11.9 Å². The molecule has 0 amide bonds. The summed E-state index contributed by atoms with van der Waals surface area (Å²) < 4.78 is 24.3. The van der Waals surface area contributed by atoms with Crippen molar-refractivity contribution in [3.63, 3.8) is 0 Å². The van der Waals surface area contributed by atoms with Crippen LogP contribution in [0.25, 0.3) is 0 Å². The van der Waals surface area contributed by atoms with Crippen LogP contribution in [0.4, 0.5) is 4.39 Å². The van der Waals surface area contributed by atoms with Crippen molar-refractivity contribution in [1.82, 2.24) is 10.2 Å². The summed E-state index contributed by atoms with van der Waals surface area (Å²) in [6.07, 6.45) is 1.06. The molecule has 1 aliphatic rings. The molecule has 1 fully saturated rings. The average Bonchev–Trinajstić information content (AvgIpc) is 2.52. The number of ether oxygens (including phenoxy) is 2. The summed E-state index contributed by atoms with van der Waals surface area (Å²) >= 11 is 0. The van der Waals surface area contributed by atoms with Gasteiger partial charge in [0.15, 0.2) is 0 Å². The number of halogens is 1. The molecule has 4 nitrogen and oxygen atoms in total. The van der Waals surface area contributed by atoms with Crippen LogP contribution in [0.3, 0.4) is 0 Å². The fraction of sp³-hybridized carbons (Fsp3) is 0.625. The number of hydrogen-bond acceptors (Lipinski definition) is 4. The summed E-state index contributed by atoms with van der Waals surface area (Å²) in [5.74, 6) is 0.332. The molecule has 21 heavy (non-hydrogen) atoms. The van der Waals surface area contributed by atoms with Crippen molar-refractivity contribution >= 4 is 0 Å². The van der Waals surface area contributed by atoms with Crippen LogP contribution in [-0.2, 0) is 4.74 Å². The van der Waals surface area contributed by atoms with Crippen LogP contribution in [0.2, 0.25) is 0 Å². The predicted octanol–water partition coefficient (Wildman–Crippen LogP) is 2.21. The third kappa shape index (κ3) is 4.95. The SMILES string of the molecule is COc1ccc(C(C)NCCCN2CCOCC2)c(F)c1. The van der Waals surface area contributed by atoms with E-state index >= 15 is 0 Å². The van der Waals surface area contributed by atoms with Crippen LogP contribution >= 0.6 is 0 Å². The number of methoxy groups -OCH3 is 1. The zero-order valence-electron chi connectivity index (χ0n) is 12.9. The highest BCUT2D eigenvalue weighted by Gasteiger charge is 2.12. The maximum absolute atomic E-state index is 13.9. The summed E-state index contributed by atoms with van der Waals surface area (Å²) in [5, 5.41) is 3.38. The topological polar surface area (TPSA) is 33.7 Å². The molecule has 0 saturated carbocycles. The van der Waals surface area contributed by atoms with Gasteiger partial charge in [0, 0.05) is 30.8 Å². The largest absolute Gasteiger partial charge is 0.497 e. The highest BCUT2D eigenvalue weighted by Crippen LogP contribution is 2.21. The second-order valence-electron chi connectivity index (χ2n) is 5.37. The lowest BCUT2D eigenvalue weighted by Gasteiger charge is -2.26. The second kappa shape index (κ2) is 8.32. The minimum Gasteiger partial charge on any atom is -0.497 e. The lowest BCUT2D eigenvalue weighted by molar-refractivity contribution is 0.0374. The highest BCUT2D eigenvalue weighted by atomic mass is 19.1. The van der Waals surface area contributed by atoms with Crippen LogP contribution in [0.15, 0.2) is 18.2 Å². The van der Waals surface area contributed by atoms with Gasteiger partial charge in [-0.15, -0.1) is 0 Å². The molecule has 1 aliphatic heterocycles. The number of benzene rings is 1. The van der Waals surface area contributed by atoms with Gasteiger partial charge in [0.2, 0.25) is 0 Å². The van der Waals surface area contributed by atoms with Crippen molar-refractivity contribution in [3.05, 3.63) is 29.6 Å². The number of morpholine rings is 1. The molecule has 2 rings (SSSR count). The van der Waals surface area contributed by atoms with Gasteiger partial charge < -0.3 is 14.8 Å². The highest BCUT2D eigenvalue weighted by molar-refractivity contribution is 5.30. The molecule has 0 spiro atoms. The minimum atomic E-state index is -0.220. The van der Waals surface area contributed by atoms with Crippen LogP contribution < -0.4 is 10.1 Å². The first kappa shape index (κ1) is 16.2. The minimum absolute atomic E-state index is 0.000551. The van der Waals surface area contributed by atoms with Crippen LogP contribution in [0, 0.1) is 5.82 Å². The fourth-order valence-corrected chi connectivity index (χ4v) is 2.54. The Balaban J connectivity index is 1.72. The normalized spacial score (nSPS) is 17.7. The molecule has 1 N–H and O–H groups in total. The van der Waals surface area contributed by atoms with E-state index in [9.17, 15) is 4.39 Å². The molecule has 0 bridgehead atoms. The van der Waals surface area contributed by atoms with E-state index in [4.69, 9.17) is 9.47 Å². The fourth-order valence-electron chi connectivity index (χ4n) is 2.54. The number of nitrogens with zero attached hydrogens (tertiary/aromatic N) is 1. The van der Waals surface area contributed by atoms with Crippen molar-refractivity contribution in [3.8, 4) is 5.75 Å². The zero-order valence-corrected chi connectivity index (χ0v) is 12.9. The molecule has 0 aliphatic carbocycles. The first-order chi connectivity index (χ1) is 10.2. The number of nitrogens with one attached hydrogen (secondary N) is 1. The maximum Gasteiger partial charge on any atom is 0.131 e. The summed E-state index contributed by atoms with van der Waals surface area (Å²) in [7, 11) is 1.54. The van der Waals surface area contributed by atoms with Crippen molar-refractivity contribution < 1.29 is 13.9 Å². The van der Waals surface area contributed by atoms with E-state index in [0.717, 1.165) is 45.8 Å². The lowest BCUT2D eigenvalue weighted by Crippen LogP contribution is -2.37. The predicted molar refractivity (Wildman–Crippen MR) is 81.2 cm³/mol. The van der Waals surface area contributed by atoms with Crippen molar-refractivity contribution in [2.24, 2.45) is 0 Å². The van der Waals surface area contributed by atoms with Gasteiger partial charge in [0.25, 0.3) is 0 Å². The Bertz CT molecular complexity index is 436. The third-order valence-corrected chi connectivity index (χ3v) is 3.88. The van der Waals surface area contributed by atoms with Gasteiger partial charge in [0.05, 0.1) is 20.3 Å². The Hall–Kier alpha value is -1.17. The van der Waals surface area contributed by atoms with Crippen molar-refractivity contribution in [1.29, 1.82) is 0 Å². The first-order valence-corrected chi connectivity index (χ1v) is 7.57. The lowest BCUT2D eigenvalue weighted by atomic mass is 10.1. The van der Waals surface area contributed by atoms with Crippen molar-refractivity contribution in [2.75, 3.05) is 46.5 Å². The van der Waals surface area contributed by atoms with Gasteiger partial charge in [-0.25, -0.2) is 4.39 Å². The molecule has 1 atom stereocenters. The van der Waals surface area contributed by atoms with Crippen LogP contribution in [0.5, 0.6) is 5.75 Å². The van der Waals surface area contributed by atoms with E-state index in [0.29, 0.717) is 11.3 Å². The zero-order chi connectivity index (χ0) is 15.1. The smallest absolute Gasteiger partial charge is 0.131 e. The Morgan fingerprint density at radius 1 is 1.38 bits per heavy atom. The van der Waals surface area contributed by atoms with Gasteiger partial charge >= 0.3 is 0 Å². The Kier molecular flexibility index (Phi) is 6.42. The van der Waals surface area contributed by atoms with Gasteiger partial charge in [-0.3, -0.25) is 4.90 Å². The standard InChI is InChI=1S/C16H25FN2O2/c1-13(15-5-4-14(20-2)12-16(15)17)18-6-3-7-19-8-10-21-11-9-19/h4-5,12-13,18H,3,6-11H2,1-2H3.